The van der Waals surface area contributed by atoms with Crippen LogP contribution in [0, 0.1) is 5.41 Å². The average molecular weight is 383 g/mol. The van der Waals surface area contributed by atoms with E-state index in [0.717, 1.165) is 12.8 Å². The number of piperidine rings is 1. The lowest BCUT2D eigenvalue weighted by molar-refractivity contribution is -0.140. The highest BCUT2D eigenvalue weighted by Gasteiger charge is 2.33. The molecule has 0 bridgehead atoms. The number of methoxy groups -OCH3 is 1. The summed E-state index contributed by atoms with van der Waals surface area (Å²) in [6.07, 6.45) is 1.45. The van der Waals surface area contributed by atoms with Crippen LogP contribution in [0.15, 0.2) is 24.3 Å². The number of carbonyl (C=O) groups is 2. The van der Waals surface area contributed by atoms with Crippen LogP contribution in [-0.2, 0) is 9.59 Å². The molecule has 6 nitrogen and oxygen atoms in total. The number of nitrogens with zero attached hydrogens (tertiary/aromatic N) is 1. The van der Waals surface area contributed by atoms with Crippen LogP contribution in [0.1, 0.15) is 26.7 Å². The Morgan fingerprint density at radius 1 is 1.23 bits per heavy atom. The number of nitrogens with one attached hydrogen (secondary N) is 1. The maximum absolute atomic E-state index is 12.4. The topological polar surface area (TPSA) is 67.9 Å². The Morgan fingerprint density at radius 3 is 2.42 bits per heavy atom. The van der Waals surface area contributed by atoms with E-state index >= 15 is 0 Å². The number of hydrogen-bond acceptors (Lipinski definition) is 4. The second kappa shape index (κ2) is 9.12. The fraction of sp³-hybridized carbons (Fsp3) is 0.579. The molecule has 2 amide bonds. The van der Waals surface area contributed by atoms with Crippen molar-refractivity contribution in [3.05, 3.63) is 24.3 Å². The third kappa shape index (κ3) is 5.27. The first-order chi connectivity index (χ1) is 12.4. The summed E-state index contributed by atoms with van der Waals surface area (Å²) in [6, 6.07) is 7.25. The molecule has 7 heteroatoms. The summed E-state index contributed by atoms with van der Waals surface area (Å²) in [5, 5.41) is 2.97. The van der Waals surface area contributed by atoms with Gasteiger partial charge in [-0.2, -0.15) is 0 Å². The van der Waals surface area contributed by atoms with Crippen molar-refractivity contribution in [3.8, 4) is 11.5 Å². The number of amides is 2. The van der Waals surface area contributed by atoms with Gasteiger partial charge in [0.2, 0.25) is 5.91 Å². The van der Waals surface area contributed by atoms with Gasteiger partial charge in [0.25, 0.3) is 5.91 Å². The predicted octanol–water partition coefficient (Wildman–Crippen LogP) is 2.45. The standard InChI is InChI=1S/C19H27ClN2O4/c1-19(2,13-20)18(24)22-10-8-14(9-11-22)21-17(23)12-26-16-7-5-4-6-15(16)25-3/h4-7,14H,8-13H2,1-3H3,(H,21,23). The minimum absolute atomic E-state index is 0.0481. The maximum atomic E-state index is 12.4. The number of likely N-dealkylation sites (tertiary alicyclic amines) is 1. The number of carbonyl (C=O) groups excluding carboxylic acids is 2. The molecule has 1 heterocycles. The molecule has 0 aliphatic carbocycles. The molecule has 1 N–H and O–H groups in total. The van der Waals surface area contributed by atoms with Gasteiger partial charge in [-0.15, -0.1) is 11.6 Å². The Morgan fingerprint density at radius 2 is 1.85 bits per heavy atom. The second-order valence-electron chi connectivity index (χ2n) is 7.09. The van der Waals surface area contributed by atoms with Gasteiger partial charge in [-0.3, -0.25) is 9.59 Å². The van der Waals surface area contributed by atoms with Crippen LogP contribution in [0.25, 0.3) is 0 Å². The van der Waals surface area contributed by atoms with E-state index < -0.39 is 5.41 Å². The van der Waals surface area contributed by atoms with Gasteiger partial charge in [0, 0.05) is 25.0 Å². The summed E-state index contributed by atoms with van der Waals surface area (Å²) in [4.78, 5) is 26.4. The van der Waals surface area contributed by atoms with Crippen molar-refractivity contribution < 1.29 is 19.1 Å². The molecule has 1 aromatic carbocycles. The van der Waals surface area contributed by atoms with Crippen LogP contribution in [0.4, 0.5) is 0 Å². The zero-order valence-electron chi connectivity index (χ0n) is 15.6. The Labute approximate surface area is 159 Å². The fourth-order valence-corrected chi connectivity index (χ4v) is 2.98. The molecule has 0 unspecified atom stereocenters. The third-order valence-electron chi connectivity index (χ3n) is 4.49. The molecule has 0 radical (unpaired) electrons. The van der Waals surface area contributed by atoms with Crippen molar-refractivity contribution >= 4 is 23.4 Å². The van der Waals surface area contributed by atoms with Crippen molar-refractivity contribution in [2.45, 2.75) is 32.7 Å². The van der Waals surface area contributed by atoms with Crippen LogP contribution in [-0.4, -0.2) is 55.4 Å². The fourth-order valence-electron chi connectivity index (χ4n) is 2.86. The molecule has 1 aliphatic heterocycles. The summed E-state index contributed by atoms with van der Waals surface area (Å²) >= 11 is 5.88. The van der Waals surface area contributed by atoms with E-state index in [9.17, 15) is 9.59 Å². The summed E-state index contributed by atoms with van der Waals surface area (Å²) < 4.78 is 10.7. The molecular formula is C19H27ClN2O4. The van der Waals surface area contributed by atoms with Gasteiger partial charge >= 0.3 is 0 Å². The van der Waals surface area contributed by atoms with E-state index in [4.69, 9.17) is 21.1 Å². The largest absolute Gasteiger partial charge is 0.493 e. The van der Waals surface area contributed by atoms with Crippen molar-refractivity contribution in [2.75, 3.05) is 32.7 Å². The number of alkyl halides is 1. The normalized spacial score (nSPS) is 15.5. The molecule has 0 spiro atoms. The Balaban J connectivity index is 1.77. The van der Waals surface area contributed by atoms with E-state index in [2.05, 4.69) is 5.32 Å². The molecule has 2 rings (SSSR count). The summed E-state index contributed by atoms with van der Waals surface area (Å²) in [7, 11) is 1.56. The summed E-state index contributed by atoms with van der Waals surface area (Å²) in [5.74, 6) is 1.31. The molecular weight excluding hydrogens is 356 g/mol. The van der Waals surface area contributed by atoms with Gasteiger partial charge in [-0.25, -0.2) is 0 Å². The Kier molecular flexibility index (Phi) is 7.14. The summed E-state index contributed by atoms with van der Waals surface area (Å²) in [6.45, 7) is 4.88. The van der Waals surface area contributed by atoms with Crippen molar-refractivity contribution in [2.24, 2.45) is 5.41 Å². The van der Waals surface area contributed by atoms with Gasteiger partial charge in [0.1, 0.15) is 0 Å². The molecule has 1 saturated heterocycles. The smallest absolute Gasteiger partial charge is 0.258 e. The lowest BCUT2D eigenvalue weighted by Crippen LogP contribution is -2.50. The zero-order chi connectivity index (χ0) is 19.2. The number of hydrogen-bond donors (Lipinski definition) is 1. The van der Waals surface area contributed by atoms with Gasteiger partial charge in [0.05, 0.1) is 12.5 Å². The lowest BCUT2D eigenvalue weighted by atomic mass is 9.92. The van der Waals surface area contributed by atoms with E-state index in [0.29, 0.717) is 30.5 Å². The Bertz CT molecular complexity index is 628. The predicted molar refractivity (Wildman–Crippen MR) is 101 cm³/mol. The van der Waals surface area contributed by atoms with E-state index in [1.165, 1.54) is 0 Å². The summed E-state index contributed by atoms with van der Waals surface area (Å²) in [5.41, 5.74) is -0.555. The Hall–Kier alpha value is -1.95. The second-order valence-corrected chi connectivity index (χ2v) is 7.36. The molecule has 1 aliphatic rings. The molecule has 0 saturated carbocycles. The molecule has 0 atom stereocenters. The zero-order valence-corrected chi connectivity index (χ0v) is 16.3. The van der Waals surface area contributed by atoms with E-state index in [-0.39, 0.29) is 24.5 Å². The number of ether oxygens (including phenoxy) is 2. The first kappa shape index (κ1) is 20.4. The minimum Gasteiger partial charge on any atom is -0.493 e. The maximum Gasteiger partial charge on any atom is 0.258 e. The SMILES string of the molecule is COc1ccccc1OCC(=O)NC1CCN(C(=O)C(C)(C)CCl)CC1. The molecule has 1 fully saturated rings. The quantitative estimate of drug-likeness (QED) is 0.735. The first-order valence-electron chi connectivity index (χ1n) is 8.78. The van der Waals surface area contributed by atoms with Crippen LogP contribution in [0.2, 0.25) is 0 Å². The number of rotatable bonds is 7. The third-order valence-corrected chi connectivity index (χ3v) is 5.16. The highest BCUT2D eigenvalue weighted by molar-refractivity contribution is 6.19. The van der Waals surface area contributed by atoms with Crippen LogP contribution in [0.5, 0.6) is 11.5 Å². The number of benzene rings is 1. The van der Waals surface area contributed by atoms with Crippen LogP contribution >= 0.6 is 11.6 Å². The van der Waals surface area contributed by atoms with Crippen molar-refractivity contribution in [1.29, 1.82) is 0 Å². The molecule has 26 heavy (non-hydrogen) atoms. The highest BCUT2D eigenvalue weighted by Crippen LogP contribution is 2.26. The van der Waals surface area contributed by atoms with Gasteiger partial charge in [-0.1, -0.05) is 12.1 Å². The average Bonchev–Trinajstić information content (AvgIpc) is 2.66. The lowest BCUT2D eigenvalue weighted by Gasteiger charge is -2.36. The van der Waals surface area contributed by atoms with E-state index in [1.54, 1.807) is 19.2 Å². The molecule has 1 aromatic rings. The molecule has 0 aromatic heterocycles. The number of para-hydroxylation sites is 2. The van der Waals surface area contributed by atoms with Crippen molar-refractivity contribution in [1.82, 2.24) is 10.2 Å². The number of halogens is 1. The van der Waals surface area contributed by atoms with Crippen molar-refractivity contribution in [3.63, 3.8) is 0 Å². The monoisotopic (exact) mass is 382 g/mol. The first-order valence-corrected chi connectivity index (χ1v) is 9.31. The molecule has 144 valence electrons. The highest BCUT2D eigenvalue weighted by atomic mass is 35.5. The van der Waals surface area contributed by atoms with Crippen LogP contribution < -0.4 is 14.8 Å². The van der Waals surface area contributed by atoms with E-state index in [1.807, 2.05) is 30.9 Å². The minimum atomic E-state index is -0.555. The van der Waals surface area contributed by atoms with Gasteiger partial charge in [0.15, 0.2) is 18.1 Å². The van der Waals surface area contributed by atoms with Gasteiger partial charge < -0.3 is 19.7 Å². The van der Waals surface area contributed by atoms with Gasteiger partial charge in [-0.05, 0) is 38.8 Å². The van der Waals surface area contributed by atoms with Crippen LogP contribution in [0.3, 0.4) is 0 Å².